The van der Waals surface area contributed by atoms with Gasteiger partial charge in [-0.1, -0.05) is 68.6 Å². The van der Waals surface area contributed by atoms with Gasteiger partial charge in [0.05, 0.1) is 12.1 Å². The fourth-order valence-corrected chi connectivity index (χ4v) is 5.21. The summed E-state index contributed by atoms with van der Waals surface area (Å²) in [5.41, 5.74) is 1.69. The Morgan fingerprint density at radius 1 is 0.976 bits per heavy atom. The second-order valence-electron chi connectivity index (χ2n) is 11.4. The van der Waals surface area contributed by atoms with Gasteiger partial charge in [0.25, 0.3) is 0 Å². The monoisotopic (exact) mass is 584 g/mol. The third kappa shape index (κ3) is 9.45. The van der Waals surface area contributed by atoms with Gasteiger partial charge in [0, 0.05) is 24.5 Å². The molecule has 2 aliphatic rings. The van der Waals surface area contributed by atoms with Crippen molar-refractivity contribution < 1.29 is 24.2 Å². The van der Waals surface area contributed by atoms with E-state index in [9.17, 15) is 19.5 Å². The number of hydrogen-bond acceptors (Lipinski definition) is 6. The Morgan fingerprint density at radius 2 is 1.76 bits per heavy atom. The van der Waals surface area contributed by atoms with Gasteiger partial charge in [-0.2, -0.15) is 0 Å². The molecular weight excluding hydrogens is 544 g/mol. The van der Waals surface area contributed by atoms with E-state index in [0.29, 0.717) is 42.5 Å². The van der Waals surface area contributed by atoms with E-state index in [-0.39, 0.29) is 30.9 Å². The third-order valence-corrected chi connectivity index (χ3v) is 7.72. The number of benzene rings is 2. The molecule has 2 aromatic carbocycles. The Bertz CT molecular complexity index is 1200. The number of halogens is 1. The van der Waals surface area contributed by atoms with Crippen LogP contribution in [0.1, 0.15) is 44.2 Å². The highest BCUT2D eigenvalue weighted by Gasteiger charge is 2.34. The summed E-state index contributed by atoms with van der Waals surface area (Å²) in [4.78, 5) is 40.2. The van der Waals surface area contributed by atoms with Crippen molar-refractivity contribution in [3.05, 3.63) is 64.7 Å². The number of aliphatic hydroxyl groups excluding tert-OH is 1. The minimum atomic E-state index is -0.840. The molecule has 0 saturated heterocycles. The van der Waals surface area contributed by atoms with E-state index < -0.39 is 30.1 Å². The standard InChI is InChI=1S/C31H41ClN4O5/c1-19(2)28-31(40)35-26(15-20-10-11-20)29(38)34-18-24(37)17-22-7-3-4-9-27(22)41-13-12-33-25(30(39)36-28)16-21-6-5-8-23(32)14-21/h3-9,14,19-20,24-26,28,33,37H,10-13,15-18H2,1-2H3,(H,34,38)(H,35,40)(H,36,39)/t24-,25-,26+,28-/m1/s1. The summed E-state index contributed by atoms with van der Waals surface area (Å²) in [6.07, 6.45) is 2.36. The number of aliphatic hydroxyl groups is 1. The number of nitrogens with one attached hydrogen (secondary N) is 4. The highest BCUT2D eigenvalue weighted by molar-refractivity contribution is 6.30. The van der Waals surface area contributed by atoms with Crippen LogP contribution in [0.2, 0.25) is 5.02 Å². The van der Waals surface area contributed by atoms with Gasteiger partial charge in [0.2, 0.25) is 17.7 Å². The zero-order valence-corrected chi connectivity index (χ0v) is 24.5. The molecule has 0 unspecified atom stereocenters. The zero-order valence-electron chi connectivity index (χ0n) is 23.7. The predicted molar refractivity (Wildman–Crippen MR) is 158 cm³/mol. The Kier molecular flexibility index (Phi) is 11.0. The molecule has 222 valence electrons. The summed E-state index contributed by atoms with van der Waals surface area (Å²) in [6.45, 7) is 4.40. The molecule has 1 saturated carbocycles. The molecule has 4 rings (SSSR count). The average Bonchev–Trinajstić information content (AvgIpc) is 3.76. The first kappa shape index (κ1) is 30.8. The molecule has 2 aromatic rings. The molecule has 4 atom stereocenters. The number of hydrogen-bond donors (Lipinski definition) is 5. The fourth-order valence-electron chi connectivity index (χ4n) is 5.00. The fraction of sp³-hybridized carbons (Fsp3) is 0.516. The molecule has 1 aliphatic carbocycles. The number of para-hydroxylation sites is 1. The molecule has 0 spiro atoms. The SMILES string of the molecule is CC(C)[C@H]1NC(=O)[C@@H](Cc2cccc(Cl)c2)NCCOc2ccccc2C[C@@H](O)CNC(=O)[C@H](CC2CC2)NC1=O. The highest BCUT2D eigenvalue weighted by Crippen LogP contribution is 2.33. The van der Waals surface area contributed by atoms with Crippen LogP contribution < -0.4 is 26.0 Å². The lowest BCUT2D eigenvalue weighted by Gasteiger charge is -2.28. The molecule has 1 fully saturated rings. The van der Waals surface area contributed by atoms with E-state index in [2.05, 4.69) is 21.3 Å². The first-order chi connectivity index (χ1) is 19.7. The predicted octanol–water partition coefficient (Wildman–Crippen LogP) is 2.38. The third-order valence-electron chi connectivity index (χ3n) is 7.48. The summed E-state index contributed by atoms with van der Waals surface area (Å²) in [5, 5.41) is 23.2. The van der Waals surface area contributed by atoms with Crippen LogP contribution in [0.15, 0.2) is 48.5 Å². The first-order valence-electron chi connectivity index (χ1n) is 14.4. The van der Waals surface area contributed by atoms with Gasteiger partial charge in [0.15, 0.2) is 0 Å². The van der Waals surface area contributed by atoms with Crippen molar-refractivity contribution >= 4 is 29.3 Å². The van der Waals surface area contributed by atoms with Gasteiger partial charge in [-0.15, -0.1) is 0 Å². The molecule has 1 aliphatic heterocycles. The first-order valence-corrected chi connectivity index (χ1v) is 14.8. The van der Waals surface area contributed by atoms with E-state index in [1.54, 1.807) is 6.07 Å². The van der Waals surface area contributed by atoms with Gasteiger partial charge in [-0.05, 0) is 54.0 Å². The van der Waals surface area contributed by atoms with Crippen molar-refractivity contribution in [2.24, 2.45) is 11.8 Å². The minimum Gasteiger partial charge on any atom is -0.492 e. The van der Waals surface area contributed by atoms with Crippen LogP contribution >= 0.6 is 11.6 Å². The second kappa shape index (κ2) is 14.7. The molecule has 5 N–H and O–H groups in total. The van der Waals surface area contributed by atoms with Crippen molar-refractivity contribution in [2.75, 3.05) is 19.7 Å². The number of fused-ring (bicyclic) bond motifs is 1. The van der Waals surface area contributed by atoms with Gasteiger partial charge in [0.1, 0.15) is 24.4 Å². The largest absolute Gasteiger partial charge is 0.492 e. The maximum absolute atomic E-state index is 13.6. The number of ether oxygens (including phenoxy) is 1. The maximum Gasteiger partial charge on any atom is 0.243 e. The van der Waals surface area contributed by atoms with Crippen molar-refractivity contribution in [2.45, 2.75) is 70.2 Å². The molecule has 3 amide bonds. The lowest BCUT2D eigenvalue weighted by atomic mass is 10.00. The van der Waals surface area contributed by atoms with Crippen molar-refractivity contribution in [1.82, 2.24) is 21.3 Å². The van der Waals surface area contributed by atoms with E-state index in [4.69, 9.17) is 16.3 Å². The number of carbonyl (C=O) groups is 3. The summed E-state index contributed by atoms with van der Waals surface area (Å²) in [6, 6.07) is 12.5. The molecule has 41 heavy (non-hydrogen) atoms. The molecule has 1 heterocycles. The molecule has 0 radical (unpaired) electrons. The van der Waals surface area contributed by atoms with E-state index >= 15 is 0 Å². The van der Waals surface area contributed by atoms with Gasteiger partial charge in [-0.3, -0.25) is 14.4 Å². The quantitative estimate of drug-likeness (QED) is 0.367. The Hall–Kier alpha value is -3.14. The lowest BCUT2D eigenvalue weighted by Crippen LogP contribution is -2.58. The average molecular weight is 585 g/mol. The van der Waals surface area contributed by atoms with E-state index in [0.717, 1.165) is 24.0 Å². The Morgan fingerprint density at radius 3 is 2.49 bits per heavy atom. The van der Waals surface area contributed by atoms with E-state index in [1.165, 1.54) is 0 Å². The number of carbonyl (C=O) groups excluding carboxylic acids is 3. The van der Waals surface area contributed by atoms with Gasteiger partial charge in [-0.25, -0.2) is 0 Å². The van der Waals surface area contributed by atoms with Crippen LogP contribution in [-0.2, 0) is 27.2 Å². The highest BCUT2D eigenvalue weighted by atomic mass is 35.5. The zero-order chi connectivity index (χ0) is 29.4. The number of amides is 3. The summed E-state index contributed by atoms with van der Waals surface area (Å²) in [5.74, 6) is -0.292. The van der Waals surface area contributed by atoms with Crippen LogP contribution in [0.4, 0.5) is 0 Å². The summed E-state index contributed by atoms with van der Waals surface area (Å²) in [7, 11) is 0. The van der Waals surface area contributed by atoms with E-state index in [1.807, 2.05) is 56.3 Å². The van der Waals surface area contributed by atoms with Crippen LogP contribution in [0.5, 0.6) is 5.75 Å². The van der Waals surface area contributed by atoms with Crippen molar-refractivity contribution in [1.29, 1.82) is 0 Å². The van der Waals surface area contributed by atoms with Crippen LogP contribution in [0, 0.1) is 11.8 Å². The molecule has 9 nitrogen and oxygen atoms in total. The number of rotatable bonds is 5. The normalized spacial score (nSPS) is 25.1. The van der Waals surface area contributed by atoms with Crippen LogP contribution in [0.3, 0.4) is 0 Å². The molecule has 0 bridgehead atoms. The topological polar surface area (TPSA) is 129 Å². The van der Waals surface area contributed by atoms with Crippen LogP contribution in [0.25, 0.3) is 0 Å². The molecule has 0 aromatic heterocycles. The summed E-state index contributed by atoms with van der Waals surface area (Å²) < 4.78 is 6.02. The van der Waals surface area contributed by atoms with Crippen molar-refractivity contribution in [3.63, 3.8) is 0 Å². The summed E-state index contributed by atoms with van der Waals surface area (Å²) >= 11 is 6.20. The van der Waals surface area contributed by atoms with Gasteiger partial charge < -0.3 is 31.1 Å². The van der Waals surface area contributed by atoms with Gasteiger partial charge >= 0.3 is 0 Å². The van der Waals surface area contributed by atoms with Crippen LogP contribution in [-0.4, -0.2) is 66.8 Å². The second-order valence-corrected chi connectivity index (χ2v) is 11.8. The smallest absolute Gasteiger partial charge is 0.243 e. The molecular formula is C31H41ClN4O5. The molecule has 10 heteroatoms. The maximum atomic E-state index is 13.6. The number of β-amino-alcohol motifs (C(OH)–C–C–N with tert-alkyl or cyclic N) is 1. The lowest BCUT2D eigenvalue weighted by molar-refractivity contribution is -0.133. The minimum absolute atomic E-state index is 0.0429. The van der Waals surface area contributed by atoms with Crippen molar-refractivity contribution in [3.8, 4) is 5.75 Å². The Balaban J connectivity index is 1.58. The Labute approximate surface area is 246 Å².